The van der Waals surface area contributed by atoms with E-state index >= 15 is 0 Å². The second kappa shape index (κ2) is 4.45. The van der Waals surface area contributed by atoms with E-state index in [1.54, 1.807) is 19.1 Å². The molecule has 1 aromatic carbocycles. The summed E-state index contributed by atoms with van der Waals surface area (Å²) in [6, 6.07) is 3.20. The molecule has 0 aliphatic rings. The van der Waals surface area contributed by atoms with E-state index in [1.165, 1.54) is 7.11 Å². The van der Waals surface area contributed by atoms with Crippen molar-refractivity contribution in [3.05, 3.63) is 17.7 Å². The quantitative estimate of drug-likeness (QED) is 0.394. The van der Waals surface area contributed by atoms with Gasteiger partial charge in [0.2, 0.25) is 6.41 Å². The number of nitrogens with one attached hydrogen (secondary N) is 2. The average Bonchev–Trinajstić information content (AvgIpc) is 2.20. The number of nitrogen functional groups attached to an aromatic ring is 1. The minimum atomic E-state index is 0.337. The Kier molecular flexibility index (Phi) is 3.28. The van der Waals surface area contributed by atoms with Gasteiger partial charge in [0.05, 0.1) is 12.8 Å². The van der Waals surface area contributed by atoms with Crippen LogP contribution >= 0.6 is 0 Å². The fourth-order valence-electron chi connectivity index (χ4n) is 1.27. The number of anilines is 2. The van der Waals surface area contributed by atoms with Gasteiger partial charge in [0.25, 0.3) is 0 Å². The zero-order valence-electron chi connectivity index (χ0n) is 8.63. The van der Waals surface area contributed by atoms with E-state index < -0.39 is 0 Å². The summed E-state index contributed by atoms with van der Waals surface area (Å²) >= 11 is 0. The van der Waals surface area contributed by atoms with Crippen molar-refractivity contribution < 1.29 is 9.53 Å². The molecule has 0 aromatic heterocycles. The van der Waals surface area contributed by atoms with E-state index in [4.69, 9.17) is 15.9 Å². The van der Waals surface area contributed by atoms with Gasteiger partial charge < -0.3 is 21.2 Å². The van der Waals surface area contributed by atoms with Crippen molar-refractivity contribution in [2.45, 2.75) is 6.92 Å². The highest BCUT2D eigenvalue weighted by Gasteiger charge is 2.09. The molecular weight excluding hydrogens is 194 g/mol. The summed E-state index contributed by atoms with van der Waals surface area (Å²) in [5.74, 6) is 0.476. The molecule has 0 aliphatic heterocycles. The standard InChI is InChI=1S/C10H13N3O2/c1-6(11)7-3-9(13-5-14)10(15-2)4-8(7)12/h3-5,11H,12H2,1-2H3,(H,13,14). The van der Waals surface area contributed by atoms with Gasteiger partial charge >= 0.3 is 0 Å². The van der Waals surface area contributed by atoms with Gasteiger partial charge in [0.15, 0.2) is 0 Å². The summed E-state index contributed by atoms with van der Waals surface area (Å²) in [4.78, 5) is 10.4. The molecule has 5 heteroatoms. The number of rotatable bonds is 4. The lowest BCUT2D eigenvalue weighted by Gasteiger charge is -2.11. The summed E-state index contributed by atoms with van der Waals surface area (Å²) in [6.45, 7) is 1.63. The fraction of sp³-hybridized carbons (Fsp3) is 0.200. The third kappa shape index (κ3) is 2.25. The number of methoxy groups -OCH3 is 1. The number of benzene rings is 1. The van der Waals surface area contributed by atoms with Crippen LogP contribution in [0.2, 0.25) is 0 Å². The maximum absolute atomic E-state index is 10.4. The molecule has 80 valence electrons. The van der Waals surface area contributed by atoms with Crippen LogP contribution in [0.25, 0.3) is 0 Å². The first-order valence-electron chi connectivity index (χ1n) is 4.33. The van der Waals surface area contributed by atoms with Gasteiger partial charge in [0.1, 0.15) is 5.75 Å². The second-order valence-corrected chi connectivity index (χ2v) is 3.03. The molecule has 0 spiro atoms. The zero-order valence-corrected chi connectivity index (χ0v) is 8.63. The van der Waals surface area contributed by atoms with Crippen LogP contribution in [0.1, 0.15) is 12.5 Å². The van der Waals surface area contributed by atoms with Crippen LogP contribution in [-0.4, -0.2) is 19.2 Å². The van der Waals surface area contributed by atoms with E-state index in [-0.39, 0.29) is 0 Å². The lowest BCUT2D eigenvalue weighted by Crippen LogP contribution is -2.04. The van der Waals surface area contributed by atoms with Gasteiger partial charge in [-0.05, 0) is 13.0 Å². The van der Waals surface area contributed by atoms with Gasteiger partial charge in [-0.25, -0.2) is 0 Å². The van der Waals surface area contributed by atoms with Gasteiger partial charge in [-0.1, -0.05) is 0 Å². The Morgan fingerprint density at radius 2 is 2.27 bits per heavy atom. The van der Waals surface area contributed by atoms with Crippen molar-refractivity contribution in [3.8, 4) is 5.75 Å². The lowest BCUT2D eigenvalue weighted by atomic mass is 10.1. The first-order chi connectivity index (χ1) is 7.10. The molecule has 0 unspecified atom stereocenters. The molecule has 0 fully saturated rings. The molecule has 0 heterocycles. The minimum Gasteiger partial charge on any atom is -0.494 e. The predicted molar refractivity (Wildman–Crippen MR) is 59.6 cm³/mol. The maximum atomic E-state index is 10.4. The highest BCUT2D eigenvalue weighted by Crippen LogP contribution is 2.29. The molecular formula is C10H13N3O2. The van der Waals surface area contributed by atoms with Crippen molar-refractivity contribution in [1.29, 1.82) is 5.41 Å². The van der Waals surface area contributed by atoms with Crippen LogP contribution in [0.5, 0.6) is 5.75 Å². The summed E-state index contributed by atoms with van der Waals surface area (Å²) in [5, 5.41) is 9.99. The topological polar surface area (TPSA) is 88.2 Å². The highest BCUT2D eigenvalue weighted by atomic mass is 16.5. The van der Waals surface area contributed by atoms with Gasteiger partial charge in [0, 0.05) is 23.0 Å². The van der Waals surface area contributed by atoms with Crippen LogP contribution in [0.15, 0.2) is 12.1 Å². The fourth-order valence-corrected chi connectivity index (χ4v) is 1.27. The summed E-state index contributed by atoms with van der Waals surface area (Å²) < 4.78 is 5.04. The van der Waals surface area contributed by atoms with Crippen LogP contribution in [0, 0.1) is 5.41 Å². The Morgan fingerprint density at radius 3 is 2.73 bits per heavy atom. The Morgan fingerprint density at radius 1 is 1.60 bits per heavy atom. The minimum absolute atomic E-state index is 0.337. The number of amides is 1. The number of nitrogens with two attached hydrogens (primary N) is 1. The van der Waals surface area contributed by atoms with E-state index in [2.05, 4.69) is 5.32 Å². The number of carbonyl (C=O) groups is 1. The zero-order chi connectivity index (χ0) is 11.4. The van der Waals surface area contributed by atoms with E-state index in [0.29, 0.717) is 34.8 Å². The molecule has 15 heavy (non-hydrogen) atoms. The average molecular weight is 207 g/mol. The van der Waals surface area contributed by atoms with Gasteiger partial charge in [-0.3, -0.25) is 4.79 Å². The molecule has 5 nitrogen and oxygen atoms in total. The monoisotopic (exact) mass is 207 g/mol. The molecule has 1 amide bonds. The summed E-state index contributed by atoms with van der Waals surface area (Å²) in [5.41, 5.74) is 7.60. The van der Waals surface area contributed by atoms with Crippen LogP contribution < -0.4 is 15.8 Å². The van der Waals surface area contributed by atoms with E-state index in [9.17, 15) is 4.79 Å². The van der Waals surface area contributed by atoms with Gasteiger partial charge in [-0.15, -0.1) is 0 Å². The molecule has 0 bridgehead atoms. The molecule has 0 aliphatic carbocycles. The third-order valence-corrected chi connectivity index (χ3v) is 1.99. The van der Waals surface area contributed by atoms with Gasteiger partial charge in [-0.2, -0.15) is 0 Å². The smallest absolute Gasteiger partial charge is 0.211 e. The molecule has 0 saturated heterocycles. The maximum Gasteiger partial charge on any atom is 0.211 e. The Labute approximate surface area is 87.7 Å². The molecule has 0 atom stereocenters. The van der Waals surface area contributed by atoms with Crippen LogP contribution in [0.3, 0.4) is 0 Å². The van der Waals surface area contributed by atoms with Crippen molar-refractivity contribution in [2.24, 2.45) is 0 Å². The van der Waals surface area contributed by atoms with Crippen molar-refractivity contribution >= 4 is 23.5 Å². The SMILES string of the molecule is COc1cc(N)c(C(C)=N)cc1NC=O. The van der Waals surface area contributed by atoms with Crippen molar-refractivity contribution in [2.75, 3.05) is 18.2 Å². The van der Waals surface area contributed by atoms with Crippen LogP contribution in [0.4, 0.5) is 11.4 Å². The molecule has 1 aromatic rings. The van der Waals surface area contributed by atoms with Crippen LogP contribution in [-0.2, 0) is 4.79 Å². The molecule has 0 radical (unpaired) electrons. The highest BCUT2D eigenvalue weighted by molar-refractivity contribution is 6.02. The lowest BCUT2D eigenvalue weighted by molar-refractivity contribution is -0.105. The first kappa shape index (κ1) is 11.0. The third-order valence-electron chi connectivity index (χ3n) is 1.99. The second-order valence-electron chi connectivity index (χ2n) is 3.03. The van der Waals surface area contributed by atoms with Crippen molar-refractivity contribution in [3.63, 3.8) is 0 Å². The number of carbonyl (C=O) groups excluding carboxylic acids is 1. The number of hydrogen-bond donors (Lipinski definition) is 3. The Hall–Kier alpha value is -2.04. The summed E-state index contributed by atoms with van der Waals surface area (Å²) in [6.07, 6.45) is 0.553. The molecule has 1 rings (SSSR count). The molecule has 4 N–H and O–H groups in total. The predicted octanol–water partition coefficient (Wildman–Crippen LogP) is 1.23. The Bertz CT molecular complexity index is 402. The Balaban J connectivity index is 3.29. The first-order valence-corrected chi connectivity index (χ1v) is 4.33. The van der Waals surface area contributed by atoms with Crippen molar-refractivity contribution in [1.82, 2.24) is 0 Å². The number of ether oxygens (including phenoxy) is 1. The summed E-state index contributed by atoms with van der Waals surface area (Å²) in [7, 11) is 1.49. The number of hydrogen-bond acceptors (Lipinski definition) is 4. The van der Waals surface area contributed by atoms with E-state index in [0.717, 1.165) is 0 Å². The van der Waals surface area contributed by atoms with E-state index in [1.807, 2.05) is 0 Å². The molecule has 0 saturated carbocycles. The largest absolute Gasteiger partial charge is 0.494 e. The normalized spacial score (nSPS) is 9.47.